The van der Waals surface area contributed by atoms with Crippen LogP contribution in [-0.2, 0) is 14.8 Å². The summed E-state index contributed by atoms with van der Waals surface area (Å²) in [6, 6.07) is 23.3. The van der Waals surface area contributed by atoms with Gasteiger partial charge in [-0.05, 0) is 35.4 Å². The second kappa shape index (κ2) is 10.9. The lowest BCUT2D eigenvalue weighted by Crippen LogP contribution is -2.30. The van der Waals surface area contributed by atoms with Crippen molar-refractivity contribution in [1.29, 1.82) is 0 Å². The second-order valence-corrected chi connectivity index (χ2v) is 9.18. The maximum Gasteiger partial charge on any atom is 0.256 e. The van der Waals surface area contributed by atoms with Crippen LogP contribution in [0.25, 0.3) is 11.6 Å². The number of rotatable bonds is 9. The molecule has 0 heterocycles. The zero-order valence-corrected chi connectivity index (χ0v) is 19.8. The van der Waals surface area contributed by atoms with Crippen LogP contribution in [0.5, 0.6) is 5.75 Å². The normalized spacial score (nSPS) is 11.9. The molecule has 0 atom stereocenters. The zero-order valence-electron chi connectivity index (χ0n) is 19.0. The number of carbonyl (C=O) groups excluding carboxylic acids is 1. The molecule has 1 amide bonds. The molecular weight excluding hydrogens is 436 g/mol. The number of carbonyl (C=O) groups is 1. The molecule has 33 heavy (non-hydrogen) atoms. The number of anilines is 1. The van der Waals surface area contributed by atoms with E-state index in [9.17, 15) is 13.2 Å². The van der Waals surface area contributed by atoms with Crippen molar-refractivity contribution in [3.8, 4) is 5.75 Å². The Morgan fingerprint density at radius 3 is 2.12 bits per heavy atom. The van der Waals surface area contributed by atoms with E-state index in [-0.39, 0.29) is 16.5 Å². The Morgan fingerprint density at radius 2 is 1.55 bits per heavy atom. The molecule has 3 aromatic rings. The lowest BCUT2D eigenvalue weighted by Gasteiger charge is -2.20. The number of hydrogen-bond donors (Lipinski definition) is 1. The number of hydrogen-bond acceptors (Lipinski definition) is 4. The van der Waals surface area contributed by atoms with Crippen LogP contribution in [-0.4, -0.2) is 38.8 Å². The van der Waals surface area contributed by atoms with Crippen LogP contribution in [0.1, 0.15) is 25.0 Å². The molecule has 0 saturated carbocycles. The van der Waals surface area contributed by atoms with Crippen molar-refractivity contribution in [3.05, 3.63) is 90.0 Å². The van der Waals surface area contributed by atoms with E-state index in [4.69, 9.17) is 4.74 Å². The Labute approximate surface area is 195 Å². The molecule has 0 bridgehead atoms. The van der Waals surface area contributed by atoms with Gasteiger partial charge in [0.1, 0.15) is 5.75 Å². The van der Waals surface area contributed by atoms with Crippen LogP contribution in [0.4, 0.5) is 5.69 Å². The molecule has 0 saturated heterocycles. The molecule has 0 fully saturated rings. The van der Waals surface area contributed by atoms with Crippen molar-refractivity contribution in [3.63, 3.8) is 0 Å². The van der Waals surface area contributed by atoms with Crippen LogP contribution in [0.2, 0.25) is 0 Å². The van der Waals surface area contributed by atoms with Crippen LogP contribution >= 0.6 is 0 Å². The van der Waals surface area contributed by atoms with E-state index in [1.165, 1.54) is 23.5 Å². The molecule has 0 aliphatic carbocycles. The maximum atomic E-state index is 13.4. The van der Waals surface area contributed by atoms with E-state index < -0.39 is 10.0 Å². The highest BCUT2D eigenvalue weighted by atomic mass is 32.2. The van der Waals surface area contributed by atoms with Crippen molar-refractivity contribution < 1.29 is 17.9 Å². The van der Waals surface area contributed by atoms with Gasteiger partial charge in [-0.1, -0.05) is 74.5 Å². The number of nitrogens with zero attached hydrogens (tertiary/aromatic N) is 1. The van der Waals surface area contributed by atoms with Crippen molar-refractivity contribution in [1.82, 2.24) is 4.31 Å². The van der Waals surface area contributed by atoms with E-state index in [0.29, 0.717) is 24.4 Å². The smallest absolute Gasteiger partial charge is 0.256 e. The molecule has 6 nitrogen and oxygen atoms in total. The number of benzene rings is 3. The molecule has 0 unspecified atom stereocenters. The van der Waals surface area contributed by atoms with Crippen molar-refractivity contribution in [2.24, 2.45) is 0 Å². The zero-order chi connectivity index (χ0) is 23.8. The first kappa shape index (κ1) is 24.2. The highest BCUT2D eigenvalue weighted by Crippen LogP contribution is 2.30. The largest absolute Gasteiger partial charge is 0.495 e. The Balaban J connectivity index is 2.02. The van der Waals surface area contributed by atoms with Gasteiger partial charge < -0.3 is 10.1 Å². The van der Waals surface area contributed by atoms with Crippen LogP contribution in [0.15, 0.2) is 83.8 Å². The average Bonchev–Trinajstić information content (AvgIpc) is 2.84. The summed E-state index contributed by atoms with van der Waals surface area (Å²) < 4.78 is 32.7. The fourth-order valence-corrected chi connectivity index (χ4v) is 4.95. The lowest BCUT2D eigenvalue weighted by atomic mass is 10.0. The minimum absolute atomic E-state index is 0.0931. The van der Waals surface area contributed by atoms with E-state index in [0.717, 1.165) is 11.1 Å². The Kier molecular flexibility index (Phi) is 8.03. The maximum absolute atomic E-state index is 13.4. The van der Waals surface area contributed by atoms with Crippen molar-refractivity contribution in [2.75, 3.05) is 25.5 Å². The molecule has 7 heteroatoms. The second-order valence-electron chi connectivity index (χ2n) is 7.24. The van der Waals surface area contributed by atoms with E-state index in [1.807, 2.05) is 60.7 Å². The lowest BCUT2D eigenvalue weighted by molar-refractivity contribution is -0.111. The fourth-order valence-electron chi connectivity index (χ4n) is 3.46. The molecule has 0 aromatic heterocycles. The van der Waals surface area contributed by atoms with Gasteiger partial charge in [-0.15, -0.1) is 0 Å². The number of amides is 1. The van der Waals surface area contributed by atoms with Crippen LogP contribution in [0.3, 0.4) is 0 Å². The molecule has 3 rings (SSSR count). The first-order valence-electron chi connectivity index (χ1n) is 10.7. The van der Waals surface area contributed by atoms with Gasteiger partial charge in [0, 0.05) is 18.7 Å². The van der Waals surface area contributed by atoms with Gasteiger partial charge in [0.25, 0.3) is 5.91 Å². The summed E-state index contributed by atoms with van der Waals surface area (Å²) in [5.41, 5.74) is 2.34. The summed E-state index contributed by atoms with van der Waals surface area (Å²) in [6.07, 6.45) is 1.80. The third-order valence-electron chi connectivity index (χ3n) is 5.20. The summed E-state index contributed by atoms with van der Waals surface area (Å²) in [4.78, 5) is 13.5. The Bertz CT molecular complexity index is 1220. The highest BCUT2D eigenvalue weighted by Gasteiger charge is 2.24. The minimum atomic E-state index is -3.69. The first-order valence-corrected chi connectivity index (χ1v) is 12.2. The van der Waals surface area contributed by atoms with E-state index in [2.05, 4.69) is 5.32 Å². The molecule has 0 aliphatic heterocycles. The van der Waals surface area contributed by atoms with Gasteiger partial charge in [-0.3, -0.25) is 4.79 Å². The topological polar surface area (TPSA) is 75.7 Å². The first-order chi connectivity index (χ1) is 15.9. The summed E-state index contributed by atoms with van der Waals surface area (Å²) >= 11 is 0. The van der Waals surface area contributed by atoms with Crippen LogP contribution in [0, 0.1) is 0 Å². The van der Waals surface area contributed by atoms with Gasteiger partial charge in [0.05, 0.1) is 17.7 Å². The molecule has 0 radical (unpaired) electrons. The Morgan fingerprint density at radius 1 is 0.939 bits per heavy atom. The number of ether oxygens (including phenoxy) is 1. The summed E-state index contributed by atoms with van der Waals surface area (Å²) in [5.74, 6) is -0.00490. The molecule has 0 spiro atoms. The quantitative estimate of drug-likeness (QED) is 0.361. The number of sulfonamides is 1. The standard InChI is InChI=1S/C26H28N2O4S/c1-4-28(5-2)33(30,31)22-16-17-25(32-3)24(19-22)27-26(29)23(21-14-10-7-11-15-21)18-20-12-8-6-9-13-20/h6-19H,4-5H2,1-3H3,(H,27,29). The van der Waals surface area contributed by atoms with Crippen molar-refractivity contribution in [2.45, 2.75) is 18.7 Å². The minimum Gasteiger partial charge on any atom is -0.495 e. The van der Waals surface area contributed by atoms with E-state index >= 15 is 0 Å². The Hall–Kier alpha value is -3.42. The summed E-state index contributed by atoms with van der Waals surface area (Å²) in [7, 11) is -2.22. The van der Waals surface area contributed by atoms with Gasteiger partial charge in [-0.2, -0.15) is 4.31 Å². The van der Waals surface area contributed by atoms with Gasteiger partial charge in [-0.25, -0.2) is 8.42 Å². The molecular formula is C26H28N2O4S. The predicted molar refractivity (Wildman–Crippen MR) is 132 cm³/mol. The SMILES string of the molecule is CCN(CC)S(=O)(=O)c1ccc(OC)c(NC(=O)C(=Cc2ccccc2)c2ccccc2)c1. The predicted octanol–water partition coefficient (Wildman–Crippen LogP) is 4.91. The molecule has 0 aliphatic rings. The highest BCUT2D eigenvalue weighted by molar-refractivity contribution is 7.89. The summed E-state index contributed by atoms with van der Waals surface area (Å²) in [5, 5.41) is 2.85. The fraction of sp³-hybridized carbons (Fsp3) is 0.192. The summed E-state index contributed by atoms with van der Waals surface area (Å²) in [6.45, 7) is 4.27. The van der Waals surface area contributed by atoms with E-state index in [1.54, 1.807) is 26.0 Å². The molecule has 1 N–H and O–H groups in total. The third kappa shape index (κ3) is 5.69. The monoisotopic (exact) mass is 464 g/mol. The number of nitrogens with one attached hydrogen (secondary N) is 1. The van der Waals surface area contributed by atoms with Crippen molar-refractivity contribution >= 4 is 33.3 Å². The van der Waals surface area contributed by atoms with Gasteiger partial charge >= 0.3 is 0 Å². The third-order valence-corrected chi connectivity index (χ3v) is 7.25. The average molecular weight is 465 g/mol. The van der Waals surface area contributed by atoms with Gasteiger partial charge in [0.2, 0.25) is 10.0 Å². The number of methoxy groups -OCH3 is 1. The van der Waals surface area contributed by atoms with Gasteiger partial charge in [0.15, 0.2) is 0 Å². The molecule has 3 aromatic carbocycles. The molecule has 172 valence electrons. The van der Waals surface area contributed by atoms with Crippen LogP contribution < -0.4 is 10.1 Å².